The van der Waals surface area contributed by atoms with Gasteiger partial charge in [-0.2, -0.15) is 0 Å². The molecular weight excluding hydrogens is 278 g/mol. The van der Waals surface area contributed by atoms with Gasteiger partial charge < -0.3 is 5.32 Å². The van der Waals surface area contributed by atoms with E-state index in [1.165, 1.54) is 21.7 Å². The quantitative estimate of drug-likeness (QED) is 0.902. The molecule has 1 N–H and O–H groups in total. The van der Waals surface area contributed by atoms with Gasteiger partial charge in [0.05, 0.1) is 5.69 Å². The molecule has 2 heterocycles. The molecule has 2 aromatic rings. The highest BCUT2D eigenvalue weighted by atomic mass is 32.1. The van der Waals surface area contributed by atoms with Crippen molar-refractivity contribution in [1.82, 2.24) is 15.3 Å². The lowest BCUT2D eigenvalue weighted by molar-refractivity contribution is 0.425. The second-order valence-corrected chi connectivity index (χ2v) is 7.86. The van der Waals surface area contributed by atoms with Gasteiger partial charge in [-0.3, -0.25) is 4.98 Å². The van der Waals surface area contributed by atoms with E-state index >= 15 is 0 Å². The molecule has 0 aromatic carbocycles. The lowest BCUT2D eigenvalue weighted by atomic mass is 10.1. The number of aryl methyl sites for hydroxylation is 1. The zero-order chi connectivity index (χ0) is 15.6. The summed E-state index contributed by atoms with van der Waals surface area (Å²) in [5, 5.41) is 4.67. The van der Waals surface area contributed by atoms with Crippen LogP contribution in [0.4, 0.5) is 0 Å². The van der Waals surface area contributed by atoms with Gasteiger partial charge in [0.25, 0.3) is 0 Å². The lowest BCUT2D eigenvalue weighted by Gasteiger charge is -2.20. The van der Waals surface area contributed by atoms with Gasteiger partial charge in [-0.05, 0) is 45.2 Å². The van der Waals surface area contributed by atoms with E-state index in [0.717, 1.165) is 11.6 Å². The van der Waals surface area contributed by atoms with E-state index in [9.17, 15) is 0 Å². The molecule has 0 saturated carbocycles. The van der Waals surface area contributed by atoms with Crippen molar-refractivity contribution in [2.75, 3.05) is 0 Å². The first-order chi connectivity index (χ1) is 9.78. The molecule has 0 amide bonds. The van der Waals surface area contributed by atoms with Crippen molar-refractivity contribution in [3.05, 3.63) is 34.6 Å². The molecule has 3 nitrogen and oxygen atoms in total. The fourth-order valence-corrected chi connectivity index (χ4v) is 3.36. The molecule has 2 aromatic heterocycles. The minimum atomic E-state index is 0.116. The third-order valence-electron chi connectivity index (χ3n) is 3.30. The molecule has 0 unspecified atom stereocenters. The Morgan fingerprint density at radius 3 is 2.57 bits per heavy atom. The van der Waals surface area contributed by atoms with Crippen molar-refractivity contribution < 1.29 is 0 Å². The van der Waals surface area contributed by atoms with Gasteiger partial charge in [0.1, 0.15) is 5.01 Å². The molecule has 4 heteroatoms. The fourth-order valence-electron chi connectivity index (χ4n) is 2.12. The smallest absolute Gasteiger partial charge is 0.124 e. The van der Waals surface area contributed by atoms with Crippen molar-refractivity contribution >= 4 is 11.3 Å². The van der Waals surface area contributed by atoms with Crippen molar-refractivity contribution in [1.29, 1.82) is 0 Å². The van der Waals surface area contributed by atoms with Crippen LogP contribution in [0.1, 0.15) is 56.7 Å². The van der Waals surface area contributed by atoms with Gasteiger partial charge in [0, 0.05) is 34.9 Å². The molecule has 0 atom stereocenters. The van der Waals surface area contributed by atoms with Gasteiger partial charge in [-0.15, -0.1) is 11.3 Å². The van der Waals surface area contributed by atoms with Crippen LogP contribution in [-0.4, -0.2) is 15.5 Å². The molecule has 0 radical (unpaired) electrons. The van der Waals surface area contributed by atoms with E-state index in [1.807, 2.05) is 12.4 Å². The van der Waals surface area contributed by atoms with E-state index in [1.54, 1.807) is 11.3 Å². The molecule has 0 fully saturated rings. The Morgan fingerprint density at radius 1 is 1.29 bits per heavy atom. The van der Waals surface area contributed by atoms with Gasteiger partial charge >= 0.3 is 0 Å². The van der Waals surface area contributed by atoms with Gasteiger partial charge in [-0.1, -0.05) is 13.8 Å². The van der Waals surface area contributed by atoms with Crippen LogP contribution in [-0.2, 0) is 6.54 Å². The van der Waals surface area contributed by atoms with Gasteiger partial charge in [0.15, 0.2) is 0 Å². The van der Waals surface area contributed by atoms with E-state index in [0.29, 0.717) is 5.92 Å². The maximum absolute atomic E-state index is 4.89. The summed E-state index contributed by atoms with van der Waals surface area (Å²) in [7, 11) is 0. The summed E-state index contributed by atoms with van der Waals surface area (Å²) >= 11 is 1.79. The molecule has 21 heavy (non-hydrogen) atoms. The fraction of sp³-hybridized carbons (Fsp3) is 0.529. The second kappa shape index (κ2) is 6.24. The Kier molecular flexibility index (Phi) is 4.79. The van der Waals surface area contributed by atoms with E-state index < -0.39 is 0 Å². The zero-order valence-electron chi connectivity index (χ0n) is 13.8. The first-order valence-corrected chi connectivity index (χ1v) is 8.25. The van der Waals surface area contributed by atoms with Crippen molar-refractivity contribution in [2.24, 2.45) is 0 Å². The largest absolute Gasteiger partial charge is 0.307 e. The molecule has 0 bridgehead atoms. The highest BCUT2D eigenvalue weighted by molar-refractivity contribution is 7.15. The van der Waals surface area contributed by atoms with Crippen LogP contribution in [0.15, 0.2) is 18.5 Å². The molecule has 0 aliphatic carbocycles. The topological polar surface area (TPSA) is 37.8 Å². The van der Waals surface area contributed by atoms with Crippen LogP contribution in [0, 0.1) is 6.92 Å². The number of aromatic nitrogens is 2. The minimum Gasteiger partial charge on any atom is -0.307 e. The molecule has 0 saturated heterocycles. The number of thiazole rings is 1. The van der Waals surface area contributed by atoms with Crippen LogP contribution in [0.3, 0.4) is 0 Å². The highest BCUT2D eigenvalue weighted by Crippen LogP contribution is 2.33. The summed E-state index contributed by atoms with van der Waals surface area (Å²) in [4.78, 5) is 10.4. The molecule has 0 aliphatic heterocycles. The van der Waals surface area contributed by atoms with E-state index in [4.69, 9.17) is 4.98 Å². The Balaban J connectivity index is 2.36. The average molecular weight is 303 g/mol. The summed E-state index contributed by atoms with van der Waals surface area (Å²) in [6, 6.07) is 2.05. The van der Waals surface area contributed by atoms with Gasteiger partial charge in [-0.25, -0.2) is 4.98 Å². The SMILES string of the molecule is Cc1cnccc1-c1nc(C(C)C)c(CNC(C)(C)C)s1. The Hall–Kier alpha value is -1.26. The van der Waals surface area contributed by atoms with Crippen LogP contribution < -0.4 is 5.32 Å². The monoisotopic (exact) mass is 303 g/mol. The molecule has 2 rings (SSSR count). The summed E-state index contributed by atoms with van der Waals surface area (Å²) in [6.07, 6.45) is 3.74. The summed E-state index contributed by atoms with van der Waals surface area (Å²) in [5.41, 5.74) is 3.70. The lowest BCUT2D eigenvalue weighted by Crippen LogP contribution is -2.35. The zero-order valence-corrected chi connectivity index (χ0v) is 14.6. The van der Waals surface area contributed by atoms with Gasteiger partial charge in [0.2, 0.25) is 0 Å². The minimum absolute atomic E-state index is 0.116. The number of pyridine rings is 1. The van der Waals surface area contributed by atoms with Crippen molar-refractivity contribution in [3.63, 3.8) is 0 Å². The standard InChI is InChI=1S/C17H25N3S/c1-11(2)15-14(10-19-17(4,5)6)21-16(20-15)13-7-8-18-9-12(13)3/h7-9,11,19H,10H2,1-6H3. The second-order valence-electron chi connectivity index (χ2n) is 6.78. The predicted molar refractivity (Wildman–Crippen MR) is 90.8 cm³/mol. The van der Waals surface area contributed by atoms with Crippen molar-refractivity contribution in [3.8, 4) is 10.6 Å². The first-order valence-electron chi connectivity index (χ1n) is 7.43. The summed E-state index contributed by atoms with van der Waals surface area (Å²) in [6.45, 7) is 14.0. The van der Waals surface area contributed by atoms with Crippen molar-refractivity contribution in [2.45, 2.75) is 59.5 Å². The molecule has 0 spiro atoms. The molecule has 0 aliphatic rings. The maximum atomic E-state index is 4.89. The molecular formula is C17H25N3S. The van der Waals surface area contributed by atoms with Crippen LogP contribution >= 0.6 is 11.3 Å². The highest BCUT2D eigenvalue weighted by Gasteiger charge is 2.18. The van der Waals surface area contributed by atoms with E-state index in [2.05, 4.69) is 57.9 Å². The number of nitrogens with zero attached hydrogens (tertiary/aromatic N) is 2. The van der Waals surface area contributed by atoms with Crippen LogP contribution in [0.2, 0.25) is 0 Å². The maximum Gasteiger partial charge on any atom is 0.124 e. The van der Waals surface area contributed by atoms with E-state index in [-0.39, 0.29) is 5.54 Å². The summed E-state index contributed by atoms with van der Waals surface area (Å²) < 4.78 is 0. The first kappa shape index (κ1) is 16.1. The Bertz CT molecular complexity index is 609. The summed E-state index contributed by atoms with van der Waals surface area (Å²) in [5.74, 6) is 0.439. The Labute approximate surface area is 131 Å². The number of hydrogen-bond acceptors (Lipinski definition) is 4. The third kappa shape index (κ3) is 4.11. The average Bonchev–Trinajstić information content (AvgIpc) is 2.80. The predicted octanol–water partition coefficient (Wildman–Crippen LogP) is 4.53. The normalized spacial score (nSPS) is 12.1. The number of hydrogen-bond donors (Lipinski definition) is 1. The van der Waals surface area contributed by atoms with Crippen LogP contribution in [0.5, 0.6) is 0 Å². The molecule has 114 valence electrons. The Morgan fingerprint density at radius 2 is 2.00 bits per heavy atom. The third-order valence-corrected chi connectivity index (χ3v) is 4.41. The number of nitrogens with one attached hydrogen (secondary N) is 1. The van der Waals surface area contributed by atoms with Crippen LogP contribution in [0.25, 0.3) is 10.6 Å². The number of rotatable bonds is 4.